The molecule has 100 valence electrons. The summed E-state index contributed by atoms with van der Waals surface area (Å²) in [5, 5.41) is 0.0974. The van der Waals surface area contributed by atoms with Gasteiger partial charge in [0.25, 0.3) is 0 Å². The lowest BCUT2D eigenvalue weighted by Crippen LogP contribution is -2.17. The van der Waals surface area contributed by atoms with E-state index in [2.05, 4.69) is 14.7 Å². The summed E-state index contributed by atoms with van der Waals surface area (Å²) in [6.07, 6.45) is -2.87. The van der Waals surface area contributed by atoms with Gasteiger partial charge in [-0.2, -0.15) is 0 Å². The molecule has 0 radical (unpaired) electrons. The lowest BCUT2D eigenvalue weighted by Gasteiger charge is -2.09. The first-order valence-electron chi connectivity index (χ1n) is 5.24. The molecule has 0 saturated heterocycles. The third-order valence-electron chi connectivity index (χ3n) is 2.20. The largest absolute Gasteiger partial charge is 0.573 e. The molecule has 1 aromatic heterocycles. The van der Waals surface area contributed by atoms with Crippen molar-refractivity contribution in [3.63, 3.8) is 0 Å². The Morgan fingerprint density at radius 1 is 1.21 bits per heavy atom. The van der Waals surface area contributed by atoms with E-state index in [1.165, 1.54) is 24.4 Å². The number of ether oxygens (including phenoxy) is 1. The average Bonchev–Trinajstić information content (AvgIpc) is 2.27. The van der Waals surface area contributed by atoms with Crippen LogP contribution in [0.4, 0.5) is 13.2 Å². The molecule has 0 fully saturated rings. The second kappa shape index (κ2) is 5.44. The van der Waals surface area contributed by atoms with Gasteiger partial charge in [0, 0.05) is 18.3 Å². The monoisotopic (exact) mass is 288 g/mol. The molecule has 0 aliphatic rings. The van der Waals surface area contributed by atoms with Gasteiger partial charge < -0.3 is 4.74 Å². The fourth-order valence-corrected chi connectivity index (χ4v) is 1.69. The normalized spacial score (nSPS) is 11.4. The molecule has 19 heavy (non-hydrogen) atoms. The summed E-state index contributed by atoms with van der Waals surface area (Å²) < 4.78 is 40.1. The van der Waals surface area contributed by atoms with E-state index >= 15 is 0 Å². The van der Waals surface area contributed by atoms with Crippen LogP contribution in [0.1, 0.15) is 11.3 Å². The van der Waals surface area contributed by atoms with Crippen molar-refractivity contribution in [1.82, 2.24) is 9.97 Å². The molecule has 0 saturated carbocycles. The van der Waals surface area contributed by atoms with Crippen molar-refractivity contribution < 1.29 is 17.9 Å². The highest BCUT2D eigenvalue weighted by Crippen LogP contribution is 2.24. The van der Waals surface area contributed by atoms with E-state index < -0.39 is 6.36 Å². The maximum Gasteiger partial charge on any atom is 0.573 e. The number of aromatic nitrogens is 2. The van der Waals surface area contributed by atoms with E-state index in [1.54, 1.807) is 12.1 Å². The summed E-state index contributed by atoms with van der Waals surface area (Å²) >= 11 is 5.63. The second-order valence-corrected chi connectivity index (χ2v) is 4.03. The van der Waals surface area contributed by atoms with Crippen LogP contribution in [0.3, 0.4) is 0 Å². The number of halogens is 4. The molecule has 0 atom stereocenters. The Kier molecular flexibility index (Phi) is 3.90. The van der Waals surface area contributed by atoms with Crippen molar-refractivity contribution in [2.75, 3.05) is 0 Å². The Labute approximate surface area is 112 Å². The maximum atomic E-state index is 12.1. The zero-order valence-electron chi connectivity index (χ0n) is 9.49. The third kappa shape index (κ3) is 4.40. The van der Waals surface area contributed by atoms with E-state index in [4.69, 9.17) is 11.6 Å². The van der Waals surface area contributed by atoms with Gasteiger partial charge in [-0.1, -0.05) is 12.1 Å². The number of alkyl halides is 3. The lowest BCUT2D eigenvalue weighted by atomic mass is 10.1. The van der Waals surface area contributed by atoms with Crippen molar-refractivity contribution in [2.24, 2.45) is 0 Å². The van der Waals surface area contributed by atoms with Crippen LogP contribution >= 0.6 is 11.6 Å². The first kappa shape index (κ1) is 13.6. The van der Waals surface area contributed by atoms with Crippen LogP contribution in [0.15, 0.2) is 36.5 Å². The van der Waals surface area contributed by atoms with Crippen molar-refractivity contribution >= 4 is 11.6 Å². The fourth-order valence-electron chi connectivity index (χ4n) is 1.53. The molecule has 3 nitrogen and oxygen atoms in total. The number of hydrogen-bond acceptors (Lipinski definition) is 3. The third-order valence-corrected chi connectivity index (χ3v) is 2.38. The highest BCUT2D eigenvalue weighted by molar-refractivity contribution is 6.28. The van der Waals surface area contributed by atoms with Gasteiger partial charge in [-0.25, -0.2) is 9.97 Å². The molecular formula is C12H8ClF3N2O. The summed E-state index contributed by atoms with van der Waals surface area (Å²) in [6.45, 7) is 0. The van der Waals surface area contributed by atoms with Crippen molar-refractivity contribution in [2.45, 2.75) is 12.8 Å². The zero-order chi connectivity index (χ0) is 13.9. The van der Waals surface area contributed by atoms with Crippen LogP contribution in [0.25, 0.3) is 0 Å². The van der Waals surface area contributed by atoms with E-state index in [0.29, 0.717) is 17.7 Å². The highest BCUT2D eigenvalue weighted by atomic mass is 35.5. The summed E-state index contributed by atoms with van der Waals surface area (Å²) in [5.41, 5.74) is 1.25. The number of nitrogens with zero attached hydrogens (tertiary/aromatic N) is 2. The van der Waals surface area contributed by atoms with Gasteiger partial charge in [-0.15, -0.1) is 13.2 Å². The Bertz CT molecular complexity index is 575. The smallest absolute Gasteiger partial charge is 0.406 e. The van der Waals surface area contributed by atoms with Crippen molar-refractivity contribution in [1.29, 1.82) is 0 Å². The van der Waals surface area contributed by atoms with Crippen LogP contribution in [-0.2, 0) is 6.42 Å². The molecule has 0 unspecified atom stereocenters. The van der Waals surface area contributed by atoms with Crippen LogP contribution < -0.4 is 4.74 Å². The molecule has 1 aromatic carbocycles. The molecule has 2 rings (SSSR count). The minimum absolute atomic E-state index is 0.0974. The summed E-state index contributed by atoms with van der Waals surface area (Å²) in [7, 11) is 0. The maximum absolute atomic E-state index is 12.1. The van der Waals surface area contributed by atoms with Crippen LogP contribution in [0.2, 0.25) is 5.28 Å². The summed E-state index contributed by atoms with van der Waals surface area (Å²) in [6, 6.07) is 7.36. The van der Waals surface area contributed by atoms with Gasteiger partial charge in [0.15, 0.2) is 0 Å². The van der Waals surface area contributed by atoms with Crippen LogP contribution in [0, 0.1) is 0 Å². The minimum Gasteiger partial charge on any atom is -0.406 e. The van der Waals surface area contributed by atoms with Crippen molar-refractivity contribution in [3.8, 4) is 5.75 Å². The summed E-state index contributed by atoms with van der Waals surface area (Å²) in [5.74, 6) is -0.259. The van der Waals surface area contributed by atoms with Crippen LogP contribution in [-0.4, -0.2) is 16.3 Å². The quantitative estimate of drug-likeness (QED) is 0.809. The Balaban J connectivity index is 2.15. The van der Waals surface area contributed by atoms with Gasteiger partial charge >= 0.3 is 6.36 Å². The van der Waals surface area contributed by atoms with Gasteiger partial charge in [0.2, 0.25) is 5.28 Å². The van der Waals surface area contributed by atoms with Gasteiger partial charge in [-0.05, 0) is 35.4 Å². The standard InChI is InChI=1S/C12H8ClF3N2O/c13-11-17-5-4-9(18-11)6-8-2-1-3-10(7-8)19-12(14,15)16/h1-5,7H,6H2. The average molecular weight is 289 g/mol. The molecular weight excluding hydrogens is 281 g/mol. The molecule has 0 amide bonds. The Morgan fingerprint density at radius 2 is 2.00 bits per heavy atom. The molecule has 0 aliphatic heterocycles. The number of rotatable bonds is 3. The topological polar surface area (TPSA) is 35.0 Å². The molecule has 0 bridgehead atoms. The second-order valence-electron chi connectivity index (χ2n) is 3.69. The van der Waals surface area contributed by atoms with E-state index in [-0.39, 0.29) is 11.0 Å². The Hall–Kier alpha value is -1.82. The predicted octanol–water partition coefficient (Wildman–Crippen LogP) is 3.62. The minimum atomic E-state index is -4.70. The van der Waals surface area contributed by atoms with E-state index in [9.17, 15) is 13.2 Å². The van der Waals surface area contributed by atoms with Crippen molar-refractivity contribution in [3.05, 3.63) is 53.1 Å². The van der Waals surface area contributed by atoms with Crippen LogP contribution in [0.5, 0.6) is 5.75 Å². The molecule has 7 heteroatoms. The first-order chi connectivity index (χ1) is 8.92. The SMILES string of the molecule is FC(F)(F)Oc1cccc(Cc2ccnc(Cl)n2)c1. The summed E-state index contributed by atoms with van der Waals surface area (Å²) in [4.78, 5) is 7.69. The Morgan fingerprint density at radius 3 is 2.68 bits per heavy atom. The zero-order valence-corrected chi connectivity index (χ0v) is 10.2. The molecule has 1 heterocycles. The molecule has 0 aliphatic carbocycles. The molecule has 0 spiro atoms. The van der Waals surface area contributed by atoms with Gasteiger partial charge in [-0.3, -0.25) is 0 Å². The number of benzene rings is 1. The van der Waals surface area contributed by atoms with E-state index in [1.807, 2.05) is 0 Å². The fraction of sp³-hybridized carbons (Fsp3) is 0.167. The predicted molar refractivity (Wildman–Crippen MR) is 63.0 cm³/mol. The molecule has 0 N–H and O–H groups in total. The van der Waals surface area contributed by atoms with E-state index in [0.717, 1.165) is 0 Å². The molecule has 2 aromatic rings. The van der Waals surface area contributed by atoms with Gasteiger partial charge in [0.1, 0.15) is 5.75 Å². The van der Waals surface area contributed by atoms with Gasteiger partial charge in [0.05, 0.1) is 0 Å². The highest BCUT2D eigenvalue weighted by Gasteiger charge is 2.31. The lowest BCUT2D eigenvalue weighted by molar-refractivity contribution is -0.274. The number of hydrogen-bond donors (Lipinski definition) is 0. The first-order valence-corrected chi connectivity index (χ1v) is 5.62.